The molecular weight excluding hydrogens is 324 g/mol. The maximum atomic E-state index is 11.7. The van der Waals surface area contributed by atoms with Crippen LogP contribution in [0.3, 0.4) is 0 Å². The maximum absolute atomic E-state index is 11.7. The Balaban J connectivity index is 2.40. The fourth-order valence-electron chi connectivity index (χ4n) is 2.44. The average molecular weight is 345 g/mol. The molecular formula is C19H21ClN2O2. The van der Waals surface area contributed by atoms with Crippen molar-refractivity contribution in [3.8, 4) is 0 Å². The number of pyridine rings is 1. The number of rotatable bonds is 7. The Labute approximate surface area is 147 Å². The van der Waals surface area contributed by atoms with E-state index in [4.69, 9.17) is 11.6 Å². The van der Waals surface area contributed by atoms with Crippen LogP contribution < -0.4 is 0 Å². The highest BCUT2D eigenvalue weighted by Crippen LogP contribution is 2.27. The third-order valence-electron chi connectivity index (χ3n) is 3.72. The van der Waals surface area contributed by atoms with E-state index in [2.05, 4.69) is 9.88 Å². The minimum absolute atomic E-state index is 0.0298. The van der Waals surface area contributed by atoms with Crippen molar-refractivity contribution in [3.05, 3.63) is 71.0 Å². The predicted molar refractivity (Wildman–Crippen MR) is 97.2 cm³/mol. The van der Waals surface area contributed by atoms with Gasteiger partial charge in [0.05, 0.1) is 11.3 Å². The van der Waals surface area contributed by atoms with Gasteiger partial charge in [-0.05, 0) is 56.9 Å². The van der Waals surface area contributed by atoms with Gasteiger partial charge in [0.15, 0.2) is 0 Å². The Bertz CT molecular complexity index is 697. The SMILES string of the molecule is CN(C)CCC(C=C(C(=O)O)c1ccccn1)c1ccc(Cl)cc1. The van der Waals surface area contributed by atoms with Crippen molar-refractivity contribution in [1.82, 2.24) is 9.88 Å². The first kappa shape index (κ1) is 18.2. The van der Waals surface area contributed by atoms with Gasteiger partial charge in [-0.1, -0.05) is 35.9 Å². The molecule has 0 saturated heterocycles. The van der Waals surface area contributed by atoms with Gasteiger partial charge in [0, 0.05) is 17.1 Å². The number of halogens is 1. The number of hydrogen-bond acceptors (Lipinski definition) is 3. The molecule has 0 amide bonds. The highest BCUT2D eigenvalue weighted by Gasteiger charge is 2.17. The molecule has 1 atom stereocenters. The van der Waals surface area contributed by atoms with E-state index in [0.29, 0.717) is 10.7 Å². The molecule has 0 bridgehead atoms. The summed E-state index contributed by atoms with van der Waals surface area (Å²) >= 11 is 5.97. The van der Waals surface area contributed by atoms with Crippen LogP contribution in [0.4, 0.5) is 0 Å². The van der Waals surface area contributed by atoms with Gasteiger partial charge in [0.1, 0.15) is 0 Å². The van der Waals surface area contributed by atoms with E-state index in [-0.39, 0.29) is 11.5 Å². The van der Waals surface area contributed by atoms with Crippen LogP contribution in [-0.2, 0) is 4.79 Å². The number of nitrogens with zero attached hydrogens (tertiary/aromatic N) is 2. The summed E-state index contributed by atoms with van der Waals surface area (Å²) in [4.78, 5) is 18.0. The average Bonchev–Trinajstić information content (AvgIpc) is 2.56. The van der Waals surface area contributed by atoms with Crippen molar-refractivity contribution >= 4 is 23.1 Å². The molecule has 1 heterocycles. The highest BCUT2D eigenvalue weighted by molar-refractivity contribution is 6.30. The fraction of sp³-hybridized carbons (Fsp3) is 0.263. The van der Waals surface area contributed by atoms with Gasteiger partial charge in [-0.2, -0.15) is 0 Å². The van der Waals surface area contributed by atoms with Gasteiger partial charge in [-0.25, -0.2) is 4.79 Å². The third-order valence-corrected chi connectivity index (χ3v) is 3.98. The van der Waals surface area contributed by atoms with E-state index in [1.807, 2.05) is 38.4 Å². The molecule has 2 aromatic rings. The molecule has 4 nitrogen and oxygen atoms in total. The molecule has 1 N–H and O–H groups in total. The lowest BCUT2D eigenvalue weighted by molar-refractivity contribution is -0.130. The molecule has 0 radical (unpaired) electrons. The van der Waals surface area contributed by atoms with Crippen LogP contribution in [0, 0.1) is 0 Å². The standard InChI is InChI=1S/C19H21ClN2O2/c1-22(2)12-10-15(14-6-8-16(20)9-7-14)13-17(19(23)24)18-5-3-4-11-21-18/h3-9,11,13,15H,10,12H2,1-2H3,(H,23,24). The van der Waals surface area contributed by atoms with Crippen molar-refractivity contribution in [1.29, 1.82) is 0 Å². The van der Waals surface area contributed by atoms with Crippen molar-refractivity contribution in [2.75, 3.05) is 20.6 Å². The lowest BCUT2D eigenvalue weighted by atomic mass is 9.92. The predicted octanol–water partition coefficient (Wildman–Crippen LogP) is 3.94. The number of carboxylic acid groups (broad SMARTS) is 1. The van der Waals surface area contributed by atoms with Crippen LogP contribution in [0.2, 0.25) is 5.02 Å². The molecule has 0 aliphatic heterocycles. The Kier molecular flexibility index (Phi) is 6.53. The van der Waals surface area contributed by atoms with Crippen LogP contribution in [0.15, 0.2) is 54.7 Å². The summed E-state index contributed by atoms with van der Waals surface area (Å²) in [5.41, 5.74) is 1.72. The lowest BCUT2D eigenvalue weighted by Gasteiger charge is -2.18. The fourth-order valence-corrected chi connectivity index (χ4v) is 2.57. The summed E-state index contributed by atoms with van der Waals surface area (Å²) in [7, 11) is 4.00. The van der Waals surface area contributed by atoms with E-state index < -0.39 is 5.97 Å². The molecule has 0 aliphatic rings. The molecule has 2 rings (SSSR count). The topological polar surface area (TPSA) is 53.4 Å². The second-order valence-electron chi connectivity index (χ2n) is 5.85. The quantitative estimate of drug-likeness (QED) is 0.773. The number of benzene rings is 1. The number of carbonyl (C=O) groups is 1. The maximum Gasteiger partial charge on any atom is 0.337 e. The number of carboxylic acids is 1. The molecule has 0 saturated carbocycles. The molecule has 24 heavy (non-hydrogen) atoms. The van der Waals surface area contributed by atoms with Gasteiger partial charge < -0.3 is 10.0 Å². The van der Waals surface area contributed by atoms with E-state index in [1.165, 1.54) is 0 Å². The largest absolute Gasteiger partial charge is 0.478 e. The molecule has 5 heteroatoms. The van der Waals surface area contributed by atoms with E-state index in [9.17, 15) is 9.90 Å². The van der Waals surface area contributed by atoms with E-state index in [1.54, 1.807) is 30.5 Å². The lowest BCUT2D eigenvalue weighted by Crippen LogP contribution is -2.16. The van der Waals surface area contributed by atoms with E-state index in [0.717, 1.165) is 18.5 Å². The van der Waals surface area contributed by atoms with Crippen molar-refractivity contribution in [3.63, 3.8) is 0 Å². The molecule has 0 fully saturated rings. The summed E-state index contributed by atoms with van der Waals surface area (Å²) in [5, 5.41) is 10.3. The minimum Gasteiger partial charge on any atom is -0.478 e. The van der Waals surface area contributed by atoms with Crippen LogP contribution in [0.1, 0.15) is 23.6 Å². The Morgan fingerprint density at radius 1 is 1.25 bits per heavy atom. The zero-order chi connectivity index (χ0) is 17.5. The number of hydrogen-bond donors (Lipinski definition) is 1. The van der Waals surface area contributed by atoms with Gasteiger partial charge in [0.2, 0.25) is 0 Å². The number of aliphatic carboxylic acids is 1. The first-order valence-corrected chi connectivity index (χ1v) is 8.12. The Morgan fingerprint density at radius 2 is 1.96 bits per heavy atom. The van der Waals surface area contributed by atoms with Gasteiger partial charge in [0.25, 0.3) is 0 Å². The summed E-state index contributed by atoms with van der Waals surface area (Å²) in [5.74, 6) is -1.00. The third kappa shape index (κ3) is 5.18. The summed E-state index contributed by atoms with van der Waals surface area (Å²) in [6.45, 7) is 0.846. The second-order valence-corrected chi connectivity index (χ2v) is 6.29. The number of aromatic nitrogens is 1. The van der Waals surface area contributed by atoms with Crippen molar-refractivity contribution in [2.24, 2.45) is 0 Å². The zero-order valence-corrected chi connectivity index (χ0v) is 14.6. The summed E-state index contributed by atoms with van der Waals surface area (Å²) < 4.78 is 0. The smallest absolute Gasteiger partial charge is 0.337 e. The first-order chi connectivity index (χ1) is 11.5. The van der Waals surface area contributed by atoms with E-state index >= 15 is 0 Å². The van der Waals surface area contributed by atoms with Crippen LogP contribution in [-0.4, -0.2) is 41.6 Å². The number of allylic oxidation sites excluding steroid dienone is 1. The molecule has 1 unspecified atom stereocenters. The highest BCUT2D eigenvalue weighted by atomic mass is 35.5. The molecule has 1 aromatic carbocycles. The van der Waals surface area contributed by atoms with Gasteiger partial charge in [-0.3, -0.25) is 4.98 Å². The van der Waals surface area contributed by atoms with Crippen LogP contribution in [0.5, 0.6) is 0 Å². The summed E-state index contributed by atoms with van der Waals surface area (Å²) in [6, 6.07) is 12.8. The first-order valence-electron chi connectivity index (χ1n) is 7.74. The molecule has 1 aromatic heterocycles. The zero-order valence-electron chi connectivity index (χ0n) is 13.8. The Morgan fingerprint density at radius 3 is 2.50 bits per heavy atom. The molecule has 0 spiro atoms. The Hall–Kier alpha value is -2.17. The minimum atomic E-state index is -0.975. The summed E-state index contributed by atoms with van der Waals surface area (Å²) in [6.07, 6.45) is 4.19. The van der Waals surface area contributed by atoms with Crippen molar-refractivity contribution in [2.45, 2.75) is 12.3 Å². The second kappa shape index (κ2) is 8.62. The monoisotopic (exact) mass is 344 g/mol. The van der Waals surface area contributed by atoms with Gasteiger partial charge >= 0.3 is 5.97 Å². The van der Waals surface area contributed by atoms with Crippen LogP contribution >= 0.6 is 11.6 Å². The molecule has 0 aliphatic carbocycles. The van der Waals surface area contributed by atoms with Crippen LogP contribution in [0.25, 0.3) is 5.57 Å². The normalized spacial score (nSPS) is 13.1. The van der Waals surface area contributed by atoms with Crippen molar-refractivity contribution < 1.29 is 9.90 Å². The molecule has 126 valence electrons. The van der Waals surface area contributed by atoms with Gasteiger partial charge in [-0.15, -0.1) is 0 Å².